The summed E-state index contributed by atoms with van der Waals surface area (Å²) < 4.78 is 89.6. The van der Waals surface area contributed by atoms with Gasteiger partial charge in [0.05, 0.1) is 5.69 Å². The molecule has 0 aliphatic carbocycles. The zero-order valence-electron chi connectivity index (χ0n) is 8.44. The SMILES string of the molecule is Nc1ccc(OC(F)(F)C(F)C(F)(F)F)cc1F. The first-order valence-electron chi connectivity index (χ1n) is 4.36. The molecule has 0 saturated heterocycles. The number of rotatable bonds is 3. The van der Waals surface area contributed by atoms with Crippen LogP contribution in [0, 0.1) is 5.82 Å². The van der Waals surface area contributed by atoms with Gasteiger partial charge in [-0.25, -0.2) is 8.78 Å². The van der Waals surface area contributed by atoms with E-state index in [-0.39, 0.29) is 0 Å². The predicted octanol–water partition coefficient (Wildman–Crippen LogP) is 3.28. The molecule has 1 unspecified atom stereocenters. The number of alkyl halides is 6. The van der Waals surface area contributed by atoms with E-state index in [4.69, 9.17) is 5.73 Å². The van der Waals surface area contributed by atoms with Crippen molar-refractivity contribution >= 4 is 5.69 Å². The van der Waals surface area contributed by atoms with Crippen LogP contribution in [0.3, 0.4) is 0 Å². The third-order valence-electron chi connectivity index (χ3n) is 1.81. The highest BCUT2D eigenvalue weighted by Gasteiger charge is 2.59. The minimum atomic E-state index is -5.80. The van der Waals surface area contributed by atoms with Crippen molar-refractivity contribution in [2.45, 2.75) is 18.5 Å². The van der Waals surface area contributed by atoms with E-state index in [0.29, 0.717) is 12.1 Å². The van der Waals surface area contributed by atoms with E-state index in [9.17, 15) is 30.7 Å². The van der Waals surface area contributed by atoms with Crippen molar-refractivity contribution in [2.75, 3.05) is 5.73 Å². The summed E-state index contributed by atoms with van der Waals surface area (Å²) in [6.45, 7) is 0. The summed E-state index contributed by atoms with van der Waals surface area (Å²) in [7, 11) is 0. The summed E-state index contributed by atoms with van der Waals surface area (Å²) >= 11 is 0. The van der Waals surface area contributed by atoms with Gasteiger partial charge in [0.1, 0.15) is 11.6 Å². The monoisotopic (exact) mass is 277 g/mol. The van der Waals surface area contributed by atoms with Crippen LogP contribution < -0.4 is 10.5 Å². The van der Waals surface area contributed by atoms with Gasteiger partial charge in [0.25, 0.3) is 6.17 Å². The predicted molar refractivity (Wildman–Crippen MR) is 47.3 cm³/mol. The van der Waals surface area contributed by atoms with E-state index >= 15 is 0 Å². The summed E-state index contributed by atoms with van der Waals surface area (Å²) in [6, 6.07) is 1.81. The molecule has 1 aromatic carbocycles. The van der Waals surface area contributed by atoms with Gasteiger partial charge in [-0.3, -0.25) is 0 Å². The fourth-order valence-electron chi connectivity index (χ4n) is 0.971. The Morgan fingerprint density at radius 3 is 2.11 bits per heavy atom. The Bertz CT molecular complexity index is 431. The summed E-state index contributed by atoms with van der Waals surface area (Å²) in [6.07, 6.45) is -15.5. The second-order valence-corrected chi connectivity index (χ2v) is 3.25. The zero-order chi connectivity index (χ0) is 14.1. The van der Waals surface area contributed by atoms with Gasteiger partial charge in [-0.05, 0) is 12.1 Å². The van der Waals surface area contributed by atoms with E-state index in [1.165, 1.54) is 0 Å². The second-order valence-electron chi connectivity index (χ2n) is 3.25. The van der Waals surface area contributed by atoms with E-state index in [2.05, 4.69) is 4.74 Å². The first-order valence-corrected chi connectivity index (χ1v) is 4.36. The number of anilines is 1. The lowest BCUT2D eigenvalue weighted by molar-refractivity contribution is -0.305. The number of benzene rings is 1. The summed E-state index contributed by atoms with van der Waals surface area (Å²) in [5, 5.41) is 0. The third kappa shape index (κ3) is 3.17. The molecule has 0 fully saturated rings. The van der Waals surface area contributed by atoms with Crippen molar-refractivity contribution in [2.24, 2.45) is 0 Å². The quantitative estimate of drug-likeness (QED) is 0.679. The molecule has 0 aromatic heterocycles. The van der Waals surface area contributed by atoms with Crippen molar-refractivity contribution in [3.8, 4) is 5.75 Å². The van der Waals surface area contributed by atoms with Crippen molar-refractivity contribution in [1.29, 1.82) is 0 Å². The lowest BCUT2D eigenvalue weighted by atomic mass is 10.3. The fraction of sp³-hybridized carbons (Fsp3) is 0.333. The van der Waals surface area contributed by atoms with Crippen molar-refractivity contribution in [3.63, 3.8) is 0 Å². The molecule has 2 nitrogen and oxygen atoms in total. The molecule has 18 heavy (non-hydrogen) atoms. The fourth-order valence-corrected chi connectivity index (χ4v) is 0.971. The van der Waals surface area contributed by atoms with Crippen molar-refractivity contribution in [3.05, 3.63) is 24.0 Å². The van der Waals surface area contributed by atoms with Gasteiger partial charge in [0, 0.05) is 6.07 Å². The van der Waals surface area contributed by atoms with Crippen LogP contribution >= 0.6 is 0 Å². The summed E-state index contributed by atoms with van der Waals surface area (Å²) in [5.41, 5.74) is 4.59. The van der Waals surface area contributed by atoms with Crippen LogP contribution in [0.4, 0.5) is 36.4 Å². The molecule has 0 heterocycles. The maximum Gasteiger partial charge on any atom is 0.439 e. The molecule has 0 saturated carbocycles. The lowest BCUT2D eigenvalue weighted by Crippen LogP contribution is -2.45. The Morgan fingerprint density at radius 2 is 1.67 bits per heavy atom. The summed E-state index contributed by atoms with van der Waals surface area (Å²) in [4.78, 5) is 0. The van der Waals surface area contributed by atoms with Crippen LogP contribution in [0.1, 0.15) is 0 Å². The van der Waals surface area contributed by atoms with Gasteiger partial charge in [-0.1, -0.05) is 0 Å². The van der Waals surface area contributed by atoms with E-state index in [0.717, 1.165) is 6.07 Å². The van der Waals surface area contributed by atoms with Crippen LogP contribution in [0.15, 0.2) is 18.2 Å². The minimum Gasteiger partial charge on any atom is -0.430 e. The number of halogens is 7. The first kappa shape index (κ1) is 14.4. The molecular weight excluding hydrogens is 271 g/mol. The smallest absolute Gasteiger partial charge is 0.430 e. The first-order chi connectivity index (χ1) is 8.04. The molecule has 0 radical (unpaired) electrons. The maximum atomic E-state index is 12.8. The lowest BCUT2D eigenvalue weighted by Gasteiger charge is -2.23. The summed E-state index contributed by atoms with van der Waals surface area (Å²) in [5.74, 6) is -2.15. The van der Waals surface area contributed by atoms with E-state index in [1.54, 1.807) is 0 Å². The Hall–Kier alpha value is -1.67. The largest absolute Gasteiger partial charge is 0.439 e. The highest BCUT2D eigenvalue weighted by atomic mass is 19.4. The van der Waals surface area contributed by atoms with Gasteiger partial charge in [0.2, 0.25) is 0 Å². The molecule has 0 aliphatic heterocycles. The van der Waals surface area contributed by atoms with Gasteiger partial charge < -0.3 is 10.5 Å². The Balaban J connectivity index is 2.91. The Morgan fingerprint density at radius 1 is 1.11 bits per heavy atom. The maximum absolute atomic E-state index is 12.8. The molecule has 1 atom stereocenters. The van der Waals surface area contributed by atoms with Crippen LogP contribution in [-0.2, 0) is 0 Å². The Labute approximate surface area is 96.1 Å². The number of hydrogen-bond acceptors (Lipinski definition) is 2. The van der Waals surface area contributed by atoms with E-state index < -0.39 is 35.7 Å². The average Bonchev–Trinajstić information content (AvgIpc) is 2.20. The molecule has 102 valence electrons. The molecule has 1 aromatic rings. The van der Waals surface area contributed by atoms with Gasteiger partial charge in [-0.15, -0.1) is 0 Å². The van der Waals surface area contributed by atoms with Crippen LogP contribution in [-0.4, -0.2) is 18.5 Å². The van der Waals surface area contributed by atoms with Gasteiger partial charge >= 0.3 is 12.3 Å². The van der Waals surface area contributed by atoms with E-state index in [1.807, 2.05) is 0 Å². The number of nitrogens with two attached hydrogens (primary N) is 1. The molecular formula is C9H6F7NO. The zero-order valence-corrected chi connectivity index (χ0v) is 8.44. The average molecular weight is 277 g/mol. The number of hydrogen-bond donors (Lipinski definition) is 1. The highest BCUT2D eigenvalue weighted by molar-refractivity contribution is 5.43. The van der Waals surface area contributed by atoms with Crippen LogP contribution in [0.2, 0.25) is 0 Å². The molecule has 9 heteroatoms. The second kappa shape index (κ2) is 4.54. The van der Waals surface area contributed by atoms with Gasteiger partial charge in [-0.2, -0.15) is 22.0 Å². The number of ether oxygens (including phenoxy) is 1. The molecule has 1 rings (SSSR count). The highest BCUT2D eigenvalue weighted by Crippen LogP contribution is 2.36. The van der Waals surface area contributed by atoms with Gasteiger partial charge in [0.15, 0.2) is 0 Å². The molecule has 0 spiro atoms. The Kier molecular flexibility index (Phi) is 3.63. The standard InChI is InChI=1S/C9H6F7NO/c10-5-3-4(1-2-6(5)17)18-9(15,16)7(11)8(12,13)14/h1-3,7H,17H2. The van der Waals surface area contributed by atoms with Crippen LogP contribution in [0.25, 0.3) is 0 Å². The molecule has 0 bridgehead atoms. The number of nitrogen functional groups attached to an aromatic ring is 1. The molecule has 0 amide bonds. The minimum absolute atomic E-state index is 0.326. The van der Waals surface area contributed by atoms with Crippen molar-refractivity contribution < 1.29 is 35.5 Å². The third-order valence-corrected chi connectivity index (χ3v) is 1.81. The molecule has 0 aliphatic rings. The normalized spacial score (nSPS) is 14.4. The van der Waals surface area contributed by atoms with Crippen LogP contribution in [0.5, 0.6) is 5.75 Å². The topological polar surface area (TPSA) is 35.2 Å². The van der Waals surface area contributed by atoms with Crippen molar-refractivity contribution in [1.82, 2.24) is 0 Å². The molecule has 2 N–H and O–H groups in total.